The van der Waals surface area contributed by atoms with Gasteiger partial charge in [-0.15, -0.1) is 0 Å². The molecule has 0 fully saturated rings. The number of hydrogen-bond donors (Lipinski definition) is 0. The zero-order valence-corrected chi connectivity index (χ0v) is 15.5. The third-order valence-corrected chi connectivity index (χ3v) is 3.60. The molecule has 0 aliphatic rings. The summed E-state index contributed by atoms with van der Waals surface area (Å²) in [5.41, 5.74) is 1.71. The van der Waals surface area contributed by atoms with E-state index in [1.165, 1.54) is 14.0 Å². The Morgan fingerprint density at radius 2 is 1.27 bits per heavy atom. The number of methoxy groups -OCH3 is 4. The van der Waals surface area contributed by atoms with Gasteiger partial charge in [0.2, 0.25) is 5.75 Å². The smallest absolute Gasteiger partial charge is 0.308 e. The molecular formula is C20H22O6. The van der Waals surface area contributed by atoms with Crippen LogP contribution in [0.5, 0.6) is 28.7 Å². The number of carbonyl (C=O) groups excluding carboxylic acids is 1. The van der Waals surface area contributed by atoms with Crippen LogP contribution in [0.15, 0.2) is 30.3 Å². The van der Waals surface area contributed by atoms with Gasteiger partial charge in [-0.2, -0.15) is 0 Å². The molecule has 0 heterocycles. The molecule has 0 N–H and O–H groups in total. The van der Waals surface area contributed by atoms with E-state index in [9.17, 15) is 4.79 Å². The molecule has 0 aliphatic heterocycles. The summed E-state index contributed by atoms with van der Waals surface area (Å²) in [5.74, 6) is 2.13. The van der Waals surface area contributed by atoms with Crippen molar-refractivity contribution in [1.82, 2.24) is 0 Å². The fourth-order valence-electron chi connectivity index (χ4n) is 2.42. The lowest BCUT2D eigenvalue weighted by molar-refractivity contribution is -0.132. The van der Waals surface area contributed by atoms with E-state index in [-0.39, 0.29) is 0 Å². The molecular weight excluding hydrogens is 336 g/mol. The average molecular weight is 358 g/mol. The Balaban J connectivity index is 2.36. The van der Waals surface area contributed by atoms with Gasteiger partial charge in [0.15, 0.2) is 23.0 Å². The molecule has 0 amide bonds. The molecule has 0 aliphatic carbocycles. The Morgan fingerprint density at radius 3 is 1.77 bits per heavy atom. The highest BCUT2D eigenvalue weighted by Crippen LogP contribution is 2.38. The maximum absolute atomic E-state index is 11.2. The van der Waals surface area contributed by atoms with E-state index in [2.05, 4.69) is 0 Å². The fraction of sp³-hybridized carbons (Fsp3) is 0.250. The third kappa shape index (κ3) is 4.47. The summed E-state index contributed by atoms with van der Waals surface area (Å²) in [4.78, 5) is 11.2. The molecule has 0 unspecified atom stereocenters. The zero-order valence-electron chi connectivity index (χ0n) is 15.5. The van der Waals surface area contributed by atoms with E-state index in [1.807, 2.05) is 30.4 Å². The van der Waals surface area contributed by atoms with Crippen LogP contribution in [0.2, 0.25) is 0 Å². The van der Waals surface area contributed by atoms with E-state index in [0.29, 0.717) is 28.7 Å². The predicted molar refractivity (Wildman–Crippen MR) is 99.3 cm³/mol. The second kappa shape index (κ2) is 8.80. The molecule has 6 nitrogen and oxygen atoms in total. The highest BCUT2D eigenvalue weighted by molar-refractivity contribution is 5.75. The Labute approximate surface area is 152 Å². The lowest BCUT2D eigenvalue weighted by atomic mass is 10.1. The first-order chi connectivity index (χ1) is 12.5. The van der Waals surface area contributed by atoms with Crippen LogP contribution in [0, 0.1) is 0 Å². The van der Waals surface area contributed by atoms with Crippen molar-refractivity contribution in [2.45, 2.75) is 6.92 Å². The minimum Gasteiger partial charge on any atom is -0.493 e. The molecule has 0 saturated carbocycles. The molecule has 2 aromatic carbocycles. The summed E-state index contributed by atoms with van der Waals surface area (Å²) in [6.07, 6.45) is 3.77. The Kier molecular flexibility index (Phi) is 6.49. The van der Waals surface area contributed by atoms with Gasteiger partial charge in [-0.05, 0) is 35.4 Å². The van der Waals surface area contributed by atoms with Gasteiger partial charge < -0.3 is 23.7 Å². The minimum atomic E-state index is -0.408. The van der Waals surface area contributed by atoms with Gasteiger partial charge in [-0.1, -0.05) is 18.2 Å². The van der Waals surface area contributed by atoms with E-state index < -0.39 is 5.97 Å². The molecule has 138 valence electrons. The van der Waals surface area contributed by atoms with E-state index in [4.69, 9.17) is 23.7 Å². The van der Waals surface area contributed by atoms with Gasteiger partial charge >= 0.3 is 5.97 Å². The molecule has 0 bridgehead atoms. The monoisotopic (exact) mass is 358 g/mol. The molecule has 6 heteroatoms. The first kappa shape index (κ1) is 19.2. The molecule has 2 aromatic rings. The predicted octanol–water partition coefficient (Wildman–Crippen LogP) is 3.82. The third-order valence-electron chi connectivity index (χ3n) is 3.60. The minimum absolute atomic E-state index is 0.368. The molecule has 0 spiro atoms. The van der Waals surface area contributed by atoms with Crippen LogP contribution in [-0.4, -0.2) is 34.4 Å². The van der Waals surface area contributed by atoms with Gasteiger partial charge in [0.25, 0.3) is 0 Å². The second-order valence-corrected chi connectivity index (χ2v) is 5.30. The van der Waals surface area contributed by atoms with Crippen LogP contribution in [0.3, 0.4) is 0 Å². The summed E-state index contributed by atoms with van der Waals surface area (Å²) in [7, 11) is 6.22. The lowest BCUT2D eigenvalue weighted by Gasteiger charge is -2.13. The molecule has 0 saturated heterocycles. The maximum Gasteiger partial charge on any atom is 0.308 e. The van der Waals surface area contributed by atoms with Gasteiger partial charge in [-0.3, -0.25) is 4.79 Å². The largest absolute Gasteiger partial charge is 0.493 e. The van der Waals surface area contributed by atoms with Crippen LogP contribution in [-0.2, 0) is 4.79 Å². The Bertz CT molecular complexity index is 785. The Morgan fingerprint density at radius 1 is 0.731 bits per heavy atom. The maximum atomic E-state index is 11.2. The van der Waals surface area contributed by atoms with Crippen molar-refractivity contribution in [3.63, 3.8) is 0 Å². The van der Waals surface area contributed by atoms with Gasteiger partial charge in [0, 0.05) is 6.92 Å². The van der Waals surface area contributed by atoms with Crippen molar-refractivity contribution in [2.75, 3.05) is 28.4 Å². The topological polar surface area (TPSA) is 63.2 Å². The summed E-state index contributed by atoms with van der Waals surface area (Å²) in [6, 6.07) is 9.02. The number of ether oxygens (including phenoxy) is 5. The van der Waals surface area contributed by atoms with E-state index in [1.54, 1.807) is 33.5 Å². The van der Waals surface area contributed by atoms with Gasteiger partial charge in [-0.25, -0.2) is 0 Å². The van der Waals surface area contributed by atoms with Crippen molar-refractivity contribution in [1.29, 1.82) is 0 Å². The normalized spacial score (nSPS) is 10.5. The van der Waals surface area contributed by atoms with Crippen molar-refractivity contribution in [2.24, 2.45) is 0 Å². The second-order valence-electron chi connectivity index (χ2n) is 5.30. The quantitative estimate of drug-likeness (QED) is 0.426. The van der Waals surface area contributed by atoms with Crippen LogP contribution in [0.25, 0.3) is 12.2 Å². The number of benzene rings is 2. The lowest BCUT2D eigenvalue weighted by Crippen LogP contribution is -2.03. The fourth-order valence-corrected chi connectivity index (χ4v) is 2.42. The standard InChI is InChI=1S/C20H22O6/c1-13(21)26-17-10-14(8-9-16(17)22-2)6-7-15-11-18(23-3)20(25-5)19(12-15)24-4/h6-12H,1-5H3. The number of esters is 1. The summed E-state index contributed by atoms with van der Waals surface area (Å²) >= 11 is 0. The van der Waals surface area contributed by atoms with Crippen molar-refractivity contribution >= 4 is 18.1 Å². The van der Waals surface area contributed by atoms with Crippen LogP contribution in [0.4, 0.5) is 0 Å². The van der Waals surface area contributed by atoms with Crippen molar-refractivity contribution < 1.29 is 28.5 Å². The van der Waals surface area contributed by atoms with Crippen LogP contribution >= 0.6 is 0 Å². The van der Waals surface area contributed by atoms with Crippen molar-refractivity contribution in [3.8, 4) is 28.7 Å². The highest BCUT2D eigenvalue weighted by Gasteiger charge is 2.12. The van der Waals surface area contributed by atoms with E-state index in [0.717, 1.165) is 11.1 Å². The molecule has 0 radical (unpaired) electrons. The Hall–Kier alpha value is -3.15. The molecule has 2 rings (SSSR count). The number of carbonyl (C=O) groups is 1. The molecule has 26 heavy (non-hydrogen) atoms. The average Bonchev–Trinajstić information content (AvgIpc) is 2.65. The SMILES string of the molecule is COc1ccc(C=Cc2cc(OC)c(OC)c(OC)c2)cc1OC(C)=O. The summed E-state index contributed by atoms with van der Waals surface area (Å²) in [5, 5.41) is 0. The van der Waals surface area contributed by atoms with Crippen molar-refractivity contribution in [3.05, 3.63) is 41.5 Å². The van der Waals surface area contributed by atoms with Gasteiger partial charge in [0.05, 0.1) is 28.4 Å². The summed E-state index contributed by atoms with van der Waals surface area (Å²) in [6.45, 7) is 1.35. The summed E-state index contributed by atoms with van der Waals surface area (Å²) < 4.78 is 26.4. The number of rotatable bonds is 7. The number of hydrogen-bond acceptors (Lipinski definition) is 6. The highest BCUT2D eigenvalue weighted by atomic mass is 16.6. The van der Waals surface area contributed by atoms with E-state index >= 15 is 0 Å². The molecule has 0 atom stereocenters. The van der Waals surface area contributed by atoms with Crippen LogP contribution in [0.1, 0.15) is 18.1 Å². The van der Waals surface area contributed by atoms with Gasteiger partial charge in [0.1, 0.15) is 0 Å². The molecule has 0 aromatic heterocycles. The van der Waals surface area contributed by atoms with Crippen LogP contribution < -0.4 is 23.7 Å². The first-order valence-electron chi connectivity index (χ1n) is 7.87. The zero-order chi connectivity index (χ0) is 19.1. The first-order valence-corrected chi connectivity index (χ1v) is 7.87.